The van der Waals surface area contributed by atoms with Gasteiger partial charge < -0.3 is 5.32 Å². The van der Waals surface area contributed by atoms with Crippen LogP contribution in [0.2, 0.25) is 0 Å². The largest absolute Gasteiger partial charge is 0.309 e. The SMILES string of the molecule is CC1(C2CC2)CN(C2CCS(=O)CC2)CCN1. The first-order valence-electron chi connectivity index (χ1n) is 7.01. The molecule has 1 aliphatic carbocycles. The van der Waals surface area contributed by atoms with E-state index in [1.54, 1.807) is 0 Å². The third-order valence-electron chi connectivity index (χ3n) is 4.81. The fourth-order valence-electron chi connectivity index (χ4n) is 3.49. The van der Waals surface area contributed by atoms with Gasteiger partial charge in [0.15, 0.2) is 0 Å². The molecule has 0 bridgehead atoms. The molecule has 1 N–H and O–H groups in total. The summed E-state index contributed by atoms with van der Waals surface area (Å²) < 4.78 is 11.4. The van der Waals surface area contributed by atoms with Crippen LogP contribution in [0.4, 0.5) is 0 Å². The van der Waals surface area contributed by atoms with Crippen molar-refractivity contribution >= 4 is 10.8 Å². The maximum absolute atomic E-state index is 11.4. The Morgan fingerprint density at radius 1 is 1.24 bits per heavy atom. The van der Waals surface area contributed by atoms with Crippen molar-refractivity contribution in [2.45, 2.75) is 44.2 Å². The molecule has 1 saturated carbocycles. The van der Waals surface area contributed by atoms with Gasteiger partial charge in [0.25, 0.3) is 0 Å². The lowest BCUT2D eigenvalue weighted by molar-refractivity contribution is 0.0836. The summed E-state index contributed by atoms with van der Waals surface area (Å²) >= 11 is 0. The van der Waals surface area contributed by atoms with Crippen molar-refractivity contribution in [1.29, 1.82) is 0 Å². The summed E-state index contributed by atoms with van der Waals surface area (Å²) in [6.45, 7) is 5.92. The number of piperazine rings is 1. The Hall–Kier alpha value is 0.0700. The van der Waals surface area contributed by atoms with Crippen molar-refractivity contribution in [2.75, 3.05) is 31.1 Å². The van der Waals surface area contributed by atoms with Crippen molar-refractivity contribution in [1.82, 2.24) is 10.2 Å². The predicted octanol–water partition coefficient (Wildman–Crippen LogP) is 0.971. The molecule has 2 heterocycles. The van der Waals surface area contributed by atoms with E-state index in [4.69, 9.17) is 0 Å². The number of nitrogens with one attached hydrogen (secondary N) is 1. The molecule has 17 heavy (non-hydrogen) atoms. The predicted molar refractivity (Wildman–Crippen MR) is 71.6 cm³/mol. The zero-order valence-electron chi connectivity index (χ0n) is 10.8. The molecule has 0 aromatic rings. The van der Waals surface area contributed by atoms with Gasteiger partial charge in [0.1, 0.15) is 0 Å². The number of rotatable bonds is 2. The zero-order chi connectivity index (χ0) is 11.9. The standard InChI is InChI=1S/C13H24N2OS/c1-13(11-2-3-11)10-15(7-6-14-13)12-4-8-17(16)9-5-12/h11-12,14H,2-10H2,1H3. The van der Waals surface area contributed by atoms with Crippen LogP contribution in [0.5, 0.6) is 0 Å². The highest BCUT2D eigenvalue weighted by atomic mass is 32.2. The van der Waals surface area contributed by atoms with Gasteiger partial charge in [-0.15, -0.1) is 0 Å². The van der Waals surface area contributed by atoms with Gasteiger partial charge in [-0.2, -0.15) is 0 Å². The molecule has 2 saturated heterocycles. The van der Waals surface area contributed by atoms with Gasteiger partial charge in [-0.05, 0) is 38.5 Å². The van der Waals surface area contributed by atoms with Gasteiger partial charge in [0.2, 0.25) is 0 Å². The first kappa shape index (κ1) is 12.1. The lowest BCUT2D eigenvalue weighted by atomic mass is 9.91. The van der Waals surface area contributed by atoms with E-state index in [1.165, 1.54) is 25.9 Å². The molecule has 0 amide bonds. The zero-order valence-corrected chi connectivity index (χ0v) is 11.6. The van der Waals surface area contributed by atoms with Crippen LogP contribution in [0, 0.1) is 5.92 Å². The quantitative estimate of drug-likeness (QED) is 0.799. The van der Waals surface area contributed by atoms with Crippen LogP contribution in [0.25, 0.3) is 0 Å². The van der Waals surface area contributed by atoms with Gasteiger partial charge in [-0.3, -0.25) is 9.11 Å². The second-order valence-electron chi connectivity index (χ2n) is 6.17. The number of hydrogen-bond acceptors (Lipinski definition) is 3. The summed E-state index contributed by atoms with van der Waals surface area (Å²) in [5, 5.41) is 3.73. The summed E-state index contributed by atoms with van der Waals surface area (Å²) in [6, 6.07) is 0.702. The van der Waals surface area contributed by atoms with E-state index in [1.807, 2.05) is 0 Å². The Bertz CT molecular complexity index is 309. The van der Waals surface area contributed by atoms with Crippen LogP contribution in [0.3, 0.4) is 0 Å². The van der Waals surface area contributed by atoms with Crippen molar-refractivity contribution in [3.8, 4) is 0 Å². The molecule has 1 atom stereocenters. The number of nitrogens with zero attached hydrogens (tertiary/aromatic N) is 1. The third kappa shape index (κ3) is 2.59. The minimum Gasteiger partial charge on any atom is -0.309 e. The van der Waals surface area contributed by atoms with Gasteiger partial charge in [0, 0.05) is 53.5 Å². The minimum absolute atomic E-state index is 0.356. The monoisotopic (exact) mass is 256 g/mol. The Morgan fingerprint density at radius 3 is 2.59 bits per heavy atom. The molecule has 3 rings (SSSR count). The van der Waals surface area contributed by atoms with E-state index >= 15 is 0 Å². The molecule has 2 aliphatic heterocycles. The maximum Gasteiger partial charge on any atom is 0.0309 e. The van der Waals surface area contributed by atoms with Crippen molar-refractivity contribution in [3.63, 3.8) is 0 Å². The average molecular weight is 256 g/mol. The van der Waals surface area contributed by atoms with E-state index in [0.29, 0.717) is 11.6 Å². The smallest absolute Gasteiger partial charge is 0.0309 e. The minimum atomic E-state index is -0.523. The Kier molecular flexibility index (Phi) is 3.30. The summed E-state index contributed by atoms with van der Waals surface area (Å²) in [4.78, 5) is 2.67. The third-order valence-corrected chi connectivity index (χ3v) is 6.19. The molecule has 1 unspecified atom stereocenters. The van der Waals surface area contributed by atoms with Crippen molar-refractivity contribution in [3.05, 3.63) is 0 Å². The second-order valence-corrected chi connectivity index (χ2v) is 7.86. The van der Waals surface area contributed by atoms with Gasteiger partial charge in [-0.25, -0.2) is 0 Å². The van der Waals surface area contributed by atoms with Gasteiger partial charge in [-0.1, -0.05) is 0 Å². The molecule has 98 valence electrons. The number of hydrogen-bond donors (Lipinski definition) is 1. The molecule has 0 aromatic heterocycles. The summed E-state index contributed by atoms with van der Waals surface area (Å²) in [5.74, 6) is 2.76. The topological polar surface area (TPSA) is 32.3 Å². The lowest BCUT2D eigenvalue weighted by Gasteiger charge is -2.46. The van der Waals surface area contributed by atoms with Crippen LogP contribution in [0.15, 0.2) is 0 Å². The first-order valence-corrected chi connectivity index (χ1v) is 8.50. The fraction of sp³-hybridized carbons (Fsp3) is 1.00. The molecular formula is C13H24N2OS. The van der Waals surface area contributed by atoms with Crippen molar-refractivity contribution < 1.29 is 4.21 Å². The summed E-state index contributed by atoms with van der Waals surface area (Å²) in [6.07, 6.45) is 5.11. The maximum atomic E-state index is 11.4. The lowest BCUT2D eigenvalue weighted by Crippen LogP contribution is -2.62. The molecular weight excluding hydrogens is 232 g/mol. The molecule has 0 aromatic carbocycles. The highest BCUT2D eigenvalue weighted by Crippen LogP contribution is 2.41. The molecule has 0 radical (unpaired) electrons. The fourth-order valence-corrected chi connectivity index (χ4v) is 4.77. The van der Waals surface area contributed by atoms with E-state index in [9.17, 15) is 4.21 Å². The van der Waals surface area contributed by atoms with Gasteiger partial charge in [0.05, 0.1) is 0 Å². The highest BCUT2D eigenvalue weighted by Gasteiger charge is 2.44. The van der Waals surface area contributed by atoms with E-state index < -0.39 is 10.8 Å². The van der Waals surface area contributed by atoms with Crippen LogP contribution in [-0.4, -0.2) is 51.8 Å². The first-order chi connectivity index (χ1) is 8.17. The molecule has 0 spiro atoms. The van der Waals surface area contributed by atoms with E-state index in [-0.39, 0.29) is 0 Å². The Labute approximate surface area is 107 Å². The highest BCUT2D eigenvalue weighted by molar-refractivity contribution is 7.85. The molecule has 3 nitrogen and oxygen atoms in total. The average Bonchev–Trinajstić information content (AvgIpc) is 3.14. The molecule has 3 aliphatic rings. The van der Waals surface area contributed by atoms with Crippen LogP contribution in [0.1, 0.15) is 32.6 Å². The Morgan fingerprint density at radius 2 is 1.94 bits per heavy atom. The molecule has 3 fully saturated rings. The van der Waals surface area contributed by atoms with Gasteiger partial charge >= 0.3 is 0 Å². The van der Waals surface area contributed by atoms with E-state index in [2.05, 4.69) is 17.1 Å². The Balaban J connectivity index is 1.61. The molecule has 4 heteroatoms. The van der Waals surface area contributed by atoms with E-state index in [0.717, 1.165) is 36.8 Å². The van der Waals surface area contributed by atoms with Crippen LogP contribution < -0.4 is 5.32 Å². The van der Waals surface area contributed by atoms with Crippen LogP contribution >= 0.6 is 0 Å². The second kappa shape index (κ2) is 4.63. The van der Waals surface area contributed by atoms with Crippen molar-refractivity contribution in [2.24, 2.45) is 5.92 Å². The summed E-state index contributed by atoms with van der Waals surface area (Å²) in [5.41, 5.74) is 0.356. The summed E-state index contributed by atoms with van der Waals surface area (Å²) in [7, 11) is -0.523. The van der Waals surface area contributed by atoms with Crippen LogP contribution in [-0.2, 0) is 10.8 Å². The normalized spacial score (nSPS) is 44.8.